The van der Waals surface area contributed by atoms with Gasteiger partial charge in [0.25, 0.3) is 5.91 Å². The van der Waals surface area contributed by atoms with Crippen LogP contribution in [0.1, 0.15) is 15.9 Å². The molecule has 0 aliphatic heterocycles. The molecule has 3 N–H and O–H groups in total. The number of nitrogens with one attached hydrogen (secondary N) is 1. The fourth-order valence-electron chi connectivity index (χ4n) is 1.39. The fraction of sp³-hybridized carbons (Fsp3) is 0. The van der Waals surface area contributed by atoms with Crippen LogP contribution in [0, 0.1) is 5.82 Å². The third-order valence-corrected chi connectivity index (χ3v) is 4.07. The Hall–Kier alpha value is -1.31. The van der Waals surface area contributed by atoms with Gasteiger partial charge >= 0.3 is 0 Å². The lowest BCUT2D eigenvalue weighted by Crippen LogP contribution is -2.14. The first kappa shape index (κ1) is 14.1. The molecule has 1 heterocycles. The number of benzene rings is 1. The van der Waals surface area contributed by atoms with Crippen molar-refractivity contribution in [1.82, 2.24) is 0 Å². The second kappa shape index (κ2) is 5.77. The number of rotatable bonds is 3. The van der Waals surface area contributed by atoms with Crippen molar-refractivity contribution in [2.24, 2.45) is 5.73 Å². The molecule has 1 aromatic carbocycles. The van der Waals surface area contributed by atoms with Crippen LogP contribution in [-0.4, -0.2) is 10.9 Å². The Balaban J connectivity index is 2.20. The van der Waals surface area contributed by atoms with Gasteiger partial charge in [-0.15, -0.1) is 11.3 Å². The van der Waals surface area contributed by atoms with Gasteiger partial charge in [0, 0.05) is 10.9 Å². The molecule has 0 aliphatic carbocycles. The van der Waals surface area contributed by atoms with Gasteiger partial charge in [0.05, 0.1) is 15.0 Å². The van der Waals surface area contributed by atoms with Crippen LogP contribution in [0.25, 0.3) is 0 Å². The second-order valence-corrected chi connectivity index (χ2v) is 6.38. The van der Waals surface area contributed by atoms with E-state index in [4.69, 9.17) is 18.0 Å². The fourth-order valence-corrected chi connectivity index (χ4v) is 2.66. The van der Waals surface area contributed by atoms with E-state index in [0.29, 0.717) is 11.1 Å². The largest absolute Gasteiger partial charge is 0.389 e. The molecule has 98 valence electrons. The summed E-state index contributed by atoms with van der Waals surface area (Å²) in [5, 5.41) is 4.18. The summed E-state index contributed by atoms with van der Waals surface area (Å²) < 4.78 is 14.6. The van der Waals surface area contributed by atoms with Gasteiger partial charge in [-0.2, -0.15) is 0 Å². The first-order valence-electron chi connectivity index (χ1n) is 5.12. The van der Waals surface area contributed by atoms with Gasteiger partial charge in [0.1, 0.15) is 10.8 Å². The molecule has 0 spiro atoms. The van der Waals surface area contributed by atoms with E-state index in [1.807, 2.05) is 0 Å². The predicted octanol–water partition coefficient (Wildman–Crippen LogP) is 3.54. The van der Waals surface area contributed by atoms with Crippen LogP contribution in [0.2, 0.25) is 0 Å². The van der Waals surface area contributed by atoms with Gasteiger partial charge in [-0.25, -0.2) is 4.39 Å². The Kier molecular flexibility index (Phi) is 4.28. The number of carbonyl (C=O) groups excluding carboxylic acids is 1. The molecular weight excluding hydrogens is 351 g/mol. The molecule has 0 fully saturated rings. The van der Waals surface area contributed by atoms with Crippen molar-refractivity contribution in [1.29, 1.82) is 0 Å². The number of hydrogen-bond donors (Lipinski definition) is 2. The van der Waals surface area contributed by atoms with E-state index in [9.17, 15) is 9.18 Å². The Morgan fingerprint density at radius 1 is 1.37 bits per heavy atom. The summed E-state index contributed by atoms with van der Waals surface area (Å²) in [6.07, 6.45) is 0. The lowest BCUT2D eigenvalue weighted by molar-refractivity contribution is 0.102. The highest BCUT2D eigenvalue weighted by Crippen LogP contribution is 2.22. The van der Waals surface area contributed by atoms with E-state index in [1.165, 1.54) is 23.5 Å². The zero-order chi connectivity index (χ0) is 14.0. The zero-order valence-electron chi connectivity index (χ0n) is 9.44. The minimum atomic E-state index is -0.576. The number of carbonyl (C=O) groups is 1. The van der Waals surface area contributed by atoms with Crippen LogP contribution in [0.5, 0.6) is 0 Å². The van der Waals surface area contributed by atoms with Crippen LogP contribution < -0.4 is 11.1 Å². The van der Waals surface area contributed by atoms with Crippen molar-refractivity contribution in [2.45, 2.75) is 0 Å². The van der Waals surface area contributed by atoms with E-state index >= 15 is 0 Å². The van der Waals surface area contributed by atoms with Crippen LogP contribution >= 0.6 is 39.5 Å². The highest BCUT2D eigenvalue weighted by Gasteiger charge is 2.11. The second-order valence-electron chi connectivity index (χ2n) is 3.65. The third kappa shape index (κ3) is 3.37. The molecule has 0 saturated heterocycles. The maximum Gasteiger partial charge on any atom is 0.256 e. The Morgan fingerprint density at radius 2 is 2.11 bits per heavy atom. The van der Waals surface area contributed by atoms with Gasteiger partial charge in [-0.3, -0.25) is 4.79 Å². The topological polar surface area (TPSA) is 55.1 Å². The van der Waals surface area contributed by atoms with Gasteiger partial charge in [-0.05, 0) is 40.2 Å². The highest BCUT2D eigenvalue weighted by molar-refractivity contribution is 9.11. The quantitative estimate of drug-likeness (QED) is 0.825. The Labute approximate surface area is 126 Å². The monoisotopic (exact) mass is 358 g/mol. The van der Waals surface area contributed by atoms with Crippen LogP contribution in [0.15, 0.2) is 33.4 Å². The highest BCUT2D eigenvalue weighted by atomic mass is 79.9. The molecule has 7 heteroatoms. The SMILES string of the molecule is NC(=S)c1ccc(NC(=O)c2csc(Br)c2)c(F)c1. The average Bonchev–Trinajstić information content (AvgIpc) is 2.78. The van der Waals surface area contributed by atoms with Crippen molar-refractivity contribution in [2.75, 3.05) is 5.32 Å². The van der Waals surface area contributed by atoms with Crippen molar-refractivity contribution in [3.05, 3.63) is 50.4 Å². The summed E-state index contributed by atoms with van der Waals surface area (Å²) in [4.78, 5) is 12.0. The predicted molar refractivity (Wildman–Crippen MR) is 82.3 cm³/mol. The first-order valence-corrected chi connectivity index (χ1v) is 7.20. The summed E-state index contributed by atoms with van der Waals surface area (Å²) in [5.41, 5.74) is 6.38. The number of anilines is 1. The van der Waals surface area contributed by atoms with Gasteiger partial charge in [0.2, 0.25) is 0 Å². The molecule has 2 aromatic rings. The number of amides is 1. The third-order valence-electron chi connectivity index (χ3n) is 2.33. The lowest BCUT2D eigenvalue weighted by atomic mass is 10.2. The van der Waals surface area contributed by atoms with Gasteiger partial charge < -0.3 is 11.1 Å². The number of thiophene rings is 1. The molecule has 0 radical (unpaired) electrons. The first-order chi connectivity index (χ1) is 8.97. The normalized spacial score (nSPS) is 10.2. The number of thiocarbonyl (C=S) groups is 1. The number of nitrogens with two attached hydrogens (primary N) is 1. The molecule has 0 unspecified atom stereocenters. The molecule has 1 aromatic heterocycles. The molecule has 0 saturated carbocycles. The minimum Gasteiger partial charge on any atom is -0.389 e. The summed E-state index contributed by atoms with van der Waals surface area (Å²) in [7, 11) is 0. The summed E-state index contributed by atoms with van der Waals surface area (Å²) >= 11 is 9.40. The standard InChI is InChI=1S/C12H8BrFN2OS2/c13-10-4-7(5-19-10)12(17)16-9-2-1-6(11(15)18)3-8(9)14/h1-5H,(H2,15,18)(H,16,17). The summed E-state index contributed by atoms with van der Waals surface area (Å²) in [6, 6.07) is 5.86. The van der Waals surface area contributed by atoms with Crippen molar-refractivity contribution < 1.29 is 9.18 Å². The molecular formula is C12H8BrFN2OS2. The van der Waals surface area contributed by atoms with Gasteiger partial charge in [0.15, 0.2) is 0 Å². The minimum absolute atomic E-state index is 0.0901. The average molecular weight is 359 g/mol. The van der Waals surface area contributed by atoms with Crippen molar-refractivity contribution in [3.8, 4) is 0 Å². The molecule has 3 nitrogen and oxygen atoms in total. The van der Waals surface area contributed by atoms with Crippen molar-refractivity contribution in [3.63, 3.8) is 0 Å². The number of halogens is 2. The summed E-state index contributed by atoms with van der Waals surface area (Å²) in [6.45, 7) is 0. The maximum absolute atomic E-state index is 13.8. The van der Waals surface area contributed by atoms with Crippen LogP contribution in [0.4, 0.5) is 10.1 Å². The van der Waals surface area contributed by atoms with Crippen LogP contribution in [-0.2, 0) is 0 Å². The maximum atomic E-state index is 13.8. The van der Waals surface area contributed by atoms with E-state index in [0.717, 1.165) is 3.79 Å². The van der Waals surface area contributed by atoms with Crippen molar-refractivity contribution >= 4 is 56.1 Å². The van der Waals surface area contributed by atoms with E-state index < -0.39 is 5.82 Å². The molecule has 19 heavy (non-hydrogen) atoms. The number of hydrogen-bond acceptors (Lipinski definition) is 3. The molecule has 0 bridgehead atoms. The van der Waals surface area contributed by atoms with Crippen LogP contribution in [0.3, 0.4) is 0 Å². The Bertz CT molecular complexity index is 657. The van der Waals surface area contributed by atoms with E-state index in [2.05, 4.69) is 21.2 Å². The molecule has 0 atom stereocenters. The Morgan fingerprint density at radius 3 is 2.63 bits per heavy atom. The van der Waals surface area contributed by atoms with E-state index in [-0.39, 0.29) is 16.6 Å². The lowest BCUT2D eigenvalue weighted by Gasteiger charge is -2.06. The molecule has 0 aliphatic rings. The van der Waals surface area contributed by atoms with E-state index in [1.54, 1.807) is 17.5 Å². The zero-order valence-corrected chi connectivity index (χ0v) is 12.7. The summed E-state index contributed by atoms with van der Waals surface area (Å²) in [5.74, 6) is -0.947. The molecule has 2 rings (SSSR count). The van der Waals surface area contributed by atoms with Gasteiger partial charge in [-0.1, -0.05) is 12.2 Å². The smallest absolute Gasteiger partial charge is 0.256 e. The molecule has 1 amide bonds.